The van der Waals surface area contributed by atoms with E-state index in [4.69, 9.17) is 4.74 Å². The van der Waals surface area contributed by atoms with Crippen molar-refractivity contribution in [1.29, 1.82) is 0 Å². The Hall–Kier alpha value is -1.16. The lowest BCUT2D eigenvalue weighted by Crippen LogP contribution is -2.01. The highest BCUT2D eigenvalue weighted by molar-refractivity contribution is 5.27. The van der Waals surface area contributed by atoms with Crippen LogP contribution in [-0.4, -0.2) is 24.1 Å². The minimum Gasteiger partial charge on any atom is -0.380 e. The molecule has 0 aromatic carbocycles. The highest BCUT2D eigenvalue weighted by Gasteiger charge is 2.00. The van der Waals surface area contributed by atoms with E-state index in [0.717, 1.165) is 11.3 Å². The summed E-state index contributed by atoms with van der Waals surface area (Å²) in [4.78, 5) is 8.28. The van der Waals surface area contributed by atoms with Gasteiger partial charge in [-0.05, 0) is 6.92 Å². The summed E-state index contributed by atoms with van der Waals surface area (Å²) in [5, 5.41) is 2.87. The Morgan fingerprint density at radius 1 is 1.58 bits per heavy atom. The van der Waals surface area contributed by atoms with Crippen molar-refractivity contribution < 1.29 is 4.74 Å². The van der Waals surface area contributed by atoms with Crippen molar-refractivity contribution in [2.75, 3.05) is 19.5 Å². The lowest BCUT2D eigenvalue weighted by Gasteiger charge is -2.04. The molecule has 1 N–H and O–H groups in total. The molecule has 0 bridgehead atoms. The van der Waals surface area contributed by atoms with E-state index in [1.807, 2.05) is 6.92 Å². The molecule has 1 aromatic heterocycles. The number of methoxy groups -OCH3 is 1. The van der Waals surface area contributed by atoms with Gasteiger partial charge in [0.1, 0.15) is 0 Å². The first-order valence-electron chi connectivity index (χ1n) is 3.77. The first-order valence-corrected chi connectivity index (χ1v) is 3.77. The average Bonchev–Trinajstić information content (AvgIpc) is 2.09. The quantitative estimate of drug-likeness (QED) is 0.728. The Morgan fingerprint density at radius 3 is 2.83 bits per heavy atom. The van der Waals surface area contributed by atoms with E-state index in [0.29, 0.717) is 12.6 Å². The zero-order chi connectivity index (χ0) is 8.97. The fourth-order valence-corrected chi connectivity index (χ4v) is 0.910. The molecule has 0 amide bonds. The van der Waals surface area contributed by atoms with Crippen LogP contribution in [0.3, 0.4) is 0 Å². The molecular weight excluding hydrogens is 154 g/mol. The van der Waals surface area contributed by atoms with E-state index in [9.17, 15) is 0 Å². The molecule has 4 nitrogen and oxygen atoms in total. The van der Waals surface area contributed by atoms with Crippen molar-refractivity contribution in [3.63, 3.8) is 0 Å². The third-order valence-corrected chi connectivity index (χ3v) is 1.60. The van der Waals surface area contributed by atoms with Gasteiger partial charge in [-0.2, -0.15) is 0 Å². The molecule has 4 heteroatoms. The van der Waals surface area contributed by atoms with Crippen molar-refractivity contribution in [3.8, 4) is 0 Å². The van der Waals surface area contributed by atoms with Crippen LogP contribution in [0.1, 0.15) is 11.3 Å². The van der Waals surface area contributed by atoms with E-state index in [1.165, 1.54) is 0 Å². The SMILES string of the molecule is CNc1ncc(COC)c(C)n1. The summed E-state index contributed by atoms with van der Waals surface area (Å²) in [6, 6.07) is 0. The molecule has 66 valence electrons. The molecule has 0 spiro atoms. The van der Waals surface area contributed by atoms with Gasteiger partial charge in [0, 0.05) is 31.6 Å². The number of hydrogen-bond donors (Lipinski definition) is 1. The van der Waals surface area contributed by atoms with Gasteiger partial charge in [-0.25, -0.2) is 9.97 Å². The lowest BCUT2D eigenvalue weighted by atomic mass is 10.2. The zero-order valence-corrected chi connectivity index (χ0v) is 7.59. The molecular formula is C8H13N3O. The van der Waals surface area contributed by atoms with Crippen LogP contribution in [0, 0.1) is 6.92 Å². The second kappa shape index (κ2) is 4.01. The minimum absolute atomic E-state index is 0.565. The first-order chi connectivity index (χ1) is 5.77. The van der Waals surface area contributed by atoms with Gasteiger partial charge in [0.05, 0.1) is 6.61 Å². The van der Waals surface area contributed by atoms with Crippen LogP contribution in [0.5, 0.6) is 0 Å². The highest BCUT2D eigenvalue weighted by atomic mass is 16.5. The van der Waals surface area contributed by atoms with E-state index in [-0.39, 0.29) is 0 Å². The standard InChI is InChI=1S/C8H13N3O/c1-6-7(5-12-3)4-10-8(9-2)11-6/h4H,5H2,1-3H3,(H,9,10,11). The predicted octanol–water partition coefficient (Wildman–Crippen LogP) is 0.973. The molecule has 1 rings (SSSR count). The van der Waals surface area contributed by atoms with Gasteiger partial charge in [-0.3, -0.25) is 0 Å². The number of rotatable bonds is 3. The normalized spacial score (nSPS) is 9.92. The van der Waals surface area contributed by atoms with E-state index < -0.39 is 0 Å². The smallest absolute Gasteiger partial charge is 0.222 e. The maximum atomic E-state index is 4.98. The summed E-state index contributed by atoms with van der Waals surface area (Å²) < 4.78 is 4.98. The van der Waals surface area contributed by atoms with E-state index >= 15 is 0 Å². The van der Waals surface area contributed by atoms with E-state index in [1.54, 1.807) is 20.4 Å². The van der Waals surface area contributed by atoms with Crippen LogP contribution in [0.4, 0.5) is 5.95 Å². The molecule has 0 aliphatic rings. The van der Waals surface area contributed by atoms with Crippen LogP contribution in [0.25, 0.3) is 0 Å². The molecule has 1 heterocycles. The van der Waals surface area contributed by atoms with Crippen molar-refractivity contribution in [2.24, 2.45) is 0 Å². The van der Waals surface area contributed by atoms with Gasteiger partial charge in [0.2, 0.25) is 5.95 Å². The molecule has 0 radical (unpaired) electrons. The average molecular weight is 167 g/mol. The number of ether oxygens (including phenoxy) is 1. The Morgan fingerprint density at radius 2 is 2.33 bits per heavy atom. The largest absolute Gasteiger partial charge is 0.380 e. The van der Waals surface area contributed by atoms with Crippen molar-refractivity contribution in [1.82, 2.24) is 9.97 Å². The number of aromatic nitrogens is 2. The first kappa shape index (κ1) is 8.93. The third-order valence-electron chi connectivity index (χ3n) is 1.60. The Bertz CT molecular complexity index is 262. The Balaban J connectivity index is 2.87. The number of nitrogens with zero attached hydrogens (tertiary/aromatic N) is 2. The van der Waals surface area contributed by atoms with Crippen molar-refractivity contribution >= 4 is 5.95 Å². The predicted molar refractivity (Wildman–Crippen MR) is 47.0 cm³/mol. The summed E-state index contributed by atoms with van der Waals surface area (Å²) in [7, 11) is 3.45. The maximum Gasteiger partial charge on any atom is 0.222 e. The minimum atomic E-state index is 0.565. The third kappa shape index (κ3) is 1.92. The molecule has 12 heavy (non-hydrogen) atoms. The van der Waals surface area contributed by atoms with Gasteiger partial charge in [0.25, 0.3) is 0 Å². The zero-order valence-electron chi connectivity index (χ0n) is 7.59. The van der Waals surface area contributed by atoms with Gasteiger partial charge >= 0.3 is 0 Å². The highest BCUT2D eigenvalue weighted by Crippen LogP contribution is 2.06. The summed E-state index contributed by atoms with van der Waals surface area (Å²) in [6.45, 7) is 2.51. The van der Waals surface area contributed by atoms with Crippen LogP contribution in [-0.2, 0) is 11.3 Å². The number of anilines is 1. The molecule has 0 saturated heterocycles. The molecule has 0 aliphatic heterocycles. The number of aryl methyl sites for hydroxylation is 1. The summed E-state index contributed by atoms with van der Waals surface area (Å²) >= 11 is 0. The Labute approximate surface area is 72.0 Å². The van der Waals surface area contributed by atoms with E-state index in [2.05, 4.69) is 15.3 Å². The molecule has 0 saturated carbocycles. The fourth-order valence-electron chi connectivity index (χ4n) is 0.910. The second-order valence-corrected chi connectivity index (χ2v) is 2.49. The summed E-state index contributed by atoms with van der Waals surface area (Å²) in [6.07, 6.45) is 1.78. The van der Waals surface area contributed by atoms with Gasteiger partial charge in [-0.15, -0.1) is 0 Å². The van der Waals surface area contributed by atoms with Crippen LogP contribution in [0.2, 0.25) is 0 Å². The monoisotopic (exact) mass is 167 g/mol. The maximum absolute atomic E-state index is 4.98. The summed E-state index contributed by atoms with van der Waals surface area (Å²) in [5.74, 6) is 0.646. The number of hydrogen-bond acceptors (Lipinski definition) is 4. The molecule has 0 aliphatic carbocycles. The topological polar surface area (TPSA) is 47.0 Å². The molecule has 1 aromatic rings. The molecule has 0 fully saturated rings. The van der Waals surface area contributed by atoms with Gasteiger partial charge in [0.15, 0.2) is 0 Å². The van der Waals surface area contributed by atoms with Crippen LogP contribution in [0.15, 0.2) is 6.20 Å². The molecule has 0 atom stereocenters. The number of nitrogens with one attached hydrogen (secondary N) is 1. The van der Waals surface area contributed by atoms with Crippen molar-refractivity contribution in [3.05, 3.63) is 17.5 Å². The second-order valence-electron chi connectivity index (χ2n) is 2.49. The van der Waals surface area contributed by atoms with Crippen LogP contribution >= 0.6 is 0 Å². The Kier molecular flexibility index (Phi) is 2.99. The lowest BCUT2D eigenvalue weighted by molar-refractivity contribution is 0.183. The molecule has 0 unspecified atom stereocenters. The van der Waals surface area contributed by atoms with Crippen LogP contribution < -0.4 is 5.32 Å². The van der Waals surface area contributed by atoms with Gasteiger partial charge < -0.3 is 10.1 Å². The fraction of sp³-hybridized carbons (Fsp3) is 0.500. The van der Waals surface area contributed by atoms with Crippen molar-refractivity contribution in [2.45, 2.75) is 13.5 Å². The van der Waals surface area contributed by atoms with Gasteiger partial charge in [-0.1, -0.05) is 0 Å². The summed E-state index contributed by atoms with van der Waals surface area (Å²) in [5.41, 5.74) is 1.98.